The maximum Gasteiger partial charge on any atom is 0.417 e. The molecule has 2 aromatic heterocycles. The average Bonchev–Trinajstić information content (AvgIpc) is 3.04. The lowest BCUT2D eigenvalue weighted by Crippen LogP contribution is -2.26. The van der Waals surface area contributed by atoms with E-state index in [1.807, 2.05) is 11.9 Å². The molecule has 2 heterocycles. The quantitative estimate of drug-likeness (QED) is 0.645. The van der Waals surface area contributed by atoms with Crippen LogP contribution in [0.3, 0.4) is 0 Å². The molecule has 0 unspecified atom stereocenters. The van der Waals surface area contributed by atoms with E-state index in [-0.39, 0.29) is 0 Å². The van der Waals surface area contributed by atoms with E-state index < -0.39 is 6.09 Å². The fraction of sp³-hybridized carbons (Fsp3) is 0.235. The third kappa shape index (κ3) is 4.38. The summed E-state index contributed by atoms with van der Waals surface area (Å²) in [5.74, 6) is 1.32. The van der Waals surface area contributed by atoms with E-state index in [1.165, 1.54) is 18.4 Å². The summed E-state index contributed by atoms with van der Waals surface area (Å²) in [6.07, 6.45) is 1.02. The van der Waals surface area contributed by atoms with Gasteiger partial charge in [-0.1, -0.05) is 11.6 Å². The molecule has 0 radical (unpaired) electrons. The highest BCUT2D eigenvalue weighted by Crippen LogP contribution is 2.32. The minimum absolute atomic E-state index is 0.346. The molecule has 0 aliphatic carbocycles. The summed E-state index contributed by atoms with van der Waals surface area (Å²) < 4.78 is 11.5. The second kappa shape index (κ2) is 8.38. The van der Waals surface area contributed by atoms with Gasteiger partial charge in [0.1, 0.15) is 11.3 Å². The van der Waals surface area contributed by atoms with Gasteiger partial charge in [0.15, 0.2) is 5.75 Å². The van der Waals surface area contributed by atoms with Crippen molar-refractivity contribution in [2.45, 2.75) is 0 Å². The van der Waals surface area contributed by atoms with Crippen LogP contribution in [0.2, 0.25) is 5.02 Å². The van der Waals surface area contributed by atoms with Crippen molar-refractivity contribution < 1.29 is 14.3 Å². The number of nitrogens with zero attached hydrogens (tertiary/aromatic N) is 3. The maximum absolute atomic E-state index is 12.3. The summed E-state index contributed by atoms with van der Waals surface area (Å²) in [4.78, 5) is 22.9. The van der Waals surface area contributed by atoms with E-state index >= 15 is 0 Å². The number of benzene rings is 1. The van der Waals surface area contributed by atoms with Crippen molar-refractivity contribution in [3.63, 3.8) is 0 Å². The smallest absolute Gasteiger partial charge is 0.417 e. The molecule has 0 saturated carbocycles. The fourth-order valence-corrected chi connectivity index (χ4v) is 3.30. The standard InChI is InChI=1S/C17H18ClN5O3S/c1-23(6-5-19)16-20-8-14-15(22-16)13(9-27-14)26-17(24)21-11-7-10(18)3-4-12(11)25-2/h3-4,7-9H,5-6,19H2,1-2H3,(H,21,24). The first-order chi connectivity index (χ1) is 13.0. The van der Waals surface area contributed by atoms with Crippen molar-refractivity contribution in [3.8, 4) is 11.5 Å². The zero-order valence-corrected chi connectivity index (χ0v) is 16.3. The average molecular weight is 408 g/mol. The first-order valence-electron chi connectivity index (χ1n) is 7.99. The predicted molar refractivity (Wildman–Crippen MR) is 107 cm³/mol. The van der Waals surface area contributed by atoms with Gasteiger partial charge in [-0.3, -0.25) is 5.32 Å². The lowest BCUT2D eigenvalue weighted by molar-refractivity contribution is 0.215. The number of aromatic nitrogens is 2. The van der Waals surface area contributed by atoms with E-state index in [0.717, 1.165) is 4.70 Å². The molecule has 27 heavy (non-hydrogen) atoms. The van der Waals surface area contributed by atoms with Crippen LogP contribution in [0.5, 0.6) is 11.5 Å². The molecule has 0 spiro atoms. The number of methoxy groups -OCH3 is 1. The topological polar surface area (TPSA) is 103 Å². The van der Waals surface area contributed by atoms with Gasteiger partial charge >= 0.3 is 6.09 Å². The number of nitrogens with one attached hydrogen (secondary N) is 1. The van der Waals surface area contributed by atoms with Crippen LogP contribution in [0.4, 0.5) is 16.4 Å². The number of hydrogen-bond acceptors (Lipinski definition) is 8. The summed E-state index contributed by atoms with van der Waals surface area (Å²) in [6.45, 7) is 1.09. The number of hydrogen-bond donors (Lipinski definition) is 2. The number of ether oxygens (including phenoxy) is 2. The Morgan fingerprint density at radius 1 is 1.41 bits per heavy atom. The van der Waals surface area contributed by atoms with Gasteiger partial charge in [-0.2, -0.15) is 0 Å². The van der Waals surface area contributed by atoms with Gasteiger partial charge in [0.05, 0.1) is 23.7 Å². The lowest BCUT2D eigenvalue weighted by Gasteiger charge is -2.15. The zero-order chi connectivity index (χ0) is 19.4. The molecule has 0 fully saturated rings. The van der Waals surface area contributed by atoms with Crippen LogP contribution in [-0.4, -0.2) is 43.3 Å². The van der Waals surface area contributed by atoms with Gasteiger partial charge in [0.25, 0.3) is 0 Å². The molecule has 0 aliphatic rings. The normalized spacial score (nSPS) is 10.7. The summed E-state index contributed by atoms with van der Waals surface area (Å²) in [5.41, 5.74) is 6.54. The molecule has 0 bridgehead atoms. The molecule has 3 rings (SSSR count). The Morgan fingerprint density at radius 2 is 2.22 bits per heavy atom. The summed E-state index contributed by atoms with van der Waals surface area (Å²) in [5, 5.41) is 4.80. The van der Waals surface area contributed by atoms with Crippen molar-refractivity contribution in [1.29, 1.82) is 0 Å². The van der Waals surface area contributed by atoms with Crippen molar-refractivity contribution in [1.82, 2.24) is 9.97 Å². The number of likely N-dealkylation sites (N-methyl/N-ethyl adjacent to an activating group) is 1. The Hall–Kier alpha value is -2.62. The van der Waals surface area contributed by atoms with Gasteiger partial charge < -0.3 is 20.1 Å². The Morgan fingerprint density at radius 3 is 2.96 bits per heavy atom. The monoisotopic (exact) mass is 407 g/mol. The van der Waals surface area contributed by atoms with Crippen LogP contribution in [0.25, 0.3) is 10.2 Å². The highest BCUT2D eigenvalue weighted by atomic mass is 35.5. The van der Waals surface area contributed by atoms with Crippen molar-refractivity contribution in [2.75, 3.05) is 37.5 Å². The van der Waals surface area contributed by atoms with Crippen LogP contribution >= 0.6 is 22.9 Å². The highest BCUT2D eigenvalue weighted by Gasteiger charge is 2.16. The summed E-state index contributed by atoms with van der Waals surface area (Å²) in [7, 11) is 3.35. The lowest BCUT2D eigenvalue weighted by atomic mass is 10.3. The predicted octanol–water partition coefficient (Wildman–Crippen LogP) is 3.36. The van der Waals surface area contributed by atoms with E-state index in [4.69, 9.17) is 26.8 Å². The number of halogens is 1. The largest absolute Gasteiger partial charge is 0.495 e. The van der Waals surface area contributed by atoms with Crippen molar-refractivity contribution in [2.24, 2.45) is 5.73 Å². The number of thiophene rings is 1. The minimum atomic E-state index is -0.675. The minimum Gasteiger partial charge on any atom is -0.495 e. The molecule has 10 heteroatoms. The molecule has 0 atom stereocenters. The Labute approximate surface area is 164 Å². The van der Waals surface area contributed by atoms with Gasteiger partial charge in [0, 0.05) is 30.5 Å². The number of fused-ring (bicyclic) bond motifs is 1. The number of amides is 1. The van der Waals surface area contributed by atoms with Crippen LogP contribution in [0.15, 0.2) is 29.8 Å². The van der Waals surface area contributed by atoms with Crippen LogP contribution in [0.1, 0.15) is 0 Å². The molecule has 1 amide bonds. The number of nitrogens with two attached hydrogens (primary N) is 1. The van der Waals surface area contributed by atoms with Gasteiger partial charge in [-0.05, 0) is 18.2 Å². The number of rotatable bonds is 6. The number of anilines is 2. The second-order valence-corrected chi connectivity index (χ2v) is 6.90. The first kappa shape index (κ1) is 19.2. The Bertz CT molecular complexity index is 965. The van der Waals surface area contributed by atoms with Crippen LogP contribution < -0.4 is 25.4 Å². The molecule has 0 aliphatic heterocycles. The maximum atomic E-state index is 12.3. The van der Waals surface area contributed by atoms with E-state index in [1.54, 1.807) is 29.8 Å². The van der Waals surface area contributed by atoms with Gasteiger partial charge in [0.2, 0.25) is 5.95 Å². The van der Waals surface area contributed by atoms with Crippen LogP contribution in [0, 0.1) is 0 Å². The molecule has 3 N–H and O–H groups in total. The molecular formula is C17H18ClN5O3S. The molecule has 8 nitrogen and oxygen atoms in total. The van der Waals surface area contributed by atoms with Gasteiger partial charge in [-0.15, -0.1) is 11.3 Å². The molecule has 1 aromatic carbocycles. The van der Waals surface area contributed by atoms with Crippen molar-refractivity contribution >= 4 is 50.9 Å². The van der Waals surface area contributed by atoms with E-state index in [0.29, 0.717) is 46.8 Å². The van der Waals surface area contributed by atoms with Gasteiger partial charge in [-0.25, -0.2) is 14.8 Å². The SMILES string of the molecule is COc1ccc(Cl)cc1NC(=O)Oc1csc2cnc(N(C)CCN)nc12. The summed E-state index contributed by atoms with van der Waals surface area (Å²) in [6, 6.07) is 4.90. The molecule has 3 aromatic rings. The third-order valence-electron chi connectivity index (χ3n) is 3.68. The first-order valence-corrected chi connectivity index (χ1v) is 9.25. The second-order valence-electron chi connectivity index (χ2n) is 5.55. The number of carbonyl (C=O) groups is 1. The van der Waals surface area contributed by atoms with Crippen LogP contribution in [-0.2, 0) is 0 Å². The molecule has 142 valence electrons. The molecule has 0 saturated heterocycles. The number of carbonyl (C=O) groups excluding carboxylic acids is 1. The van der Waals surface area contributed by atoms with Crippen molar-refractivity contribution in [3.05, 3.63) is 34.8 Å². The highest BCUT2D eigenvalue weighted by molar-refractivity contribution is 7.17. The molecular weight excluding hydrogens is 390 g/mol. The fourth-order valence-electron chi connectivity index (χ4n) is 2.36. The zero-order valence-electron chi connectivity index (χ0n) is 14.7. The summed E-state index contributed by atoms with van der Waals surface area (Å²) >= 11 is 7.36. The third-order valence-corrected chi connectivity index (χ3v) is 4.80. The van der Waals surface area contributed by atoms with E-state index in [9.17, 15) is 4.79 Å². The van der Waals surface area contributed by atoms with E-state index in [2.05, 4.69) is 15.3 Å². The Balaban J connectivity index is 1.81. The Kier molecular flexibility index (Phi) is 5.94.